The summed E-state index contributed by atoms with van der Waals surface area (Å²) in [7, 11) is 0. The van der Waals surface area contributed by atoms with Crippen LogP contribution in [0.25, 0.3) is 0 Å². The van der Waals surface area contributed by atoms with Gasteiger partial charge >= 0.3 is 11.9 Å². The van der Waals surface area contributed by atoms with E-state index in [9.17, 15) is 9.59 Å². The van der Waals surface area contributed by atoms with Crippen LogP contribution in [0.3, 0.4) is 0 Å². The van der Waals surface area contributed by atoms with E-state index < -0.39 is 11.9 Å². The van der Waals surface area contributed by atoms with Gasteiger partial charge in [-0.3, -0.25) is 9.78 Å². The summed E-state index contributed by atoms with van der Waals surface area (Å²) in [5.74, 6) is -1.11. The molecule has 0 aliphatic heterocycles. The fraction of sp³-hybridized carbons (Fsp3) is 0.667. The lowest BCUT2D eigenvalue weighted by Crippen LogP contribution is -2.09. The monoisotopic (exact) mass is 178 g/mol. The molecule has 6 heteroatoms. The van der Waals surface area contributed by atoms with E-state index >= 15 is 0 Å². The van der Waals surface area contributed by atoms with E-state index in [1.807, 2.05) is 0 Å². The van der Waals surface area contributed by atoms with E-state index in [2.05, 4.69) is 19.6 Å². The highest BCUT2D eigenvalue weighted by Crippen LogP contribution is 1.83. The van der Waals surface area contributed by atoms with E-state index in [-0.39, 0.29) is 13.2 Å². The predicted molar refractivity (Wildman–Crippen MR) is 35.4 cm³/mol. The zero-order valence-corrected chi connectivity index (χ0v) is 6.86. The van der Waals surface area contributed by atoms with Crippen molar-refractivity contribution in [3.05, 3.63) is 0 Å². The molecule has 12 heavy (non-hydrogen) atoms. The highest BCUT2D eigenvalue weighted by molar-refractivity contribution is 5.65. The van der Waals surface area contributed by atoms with Crippen LogP contribution in [0.2, 0.25) is 0 Å². The fourth-order valence-corrected chi connectivity index (χ4v) is 0.317. The van der Waals surface area contributed by atoms with Crippen molar-refractivity contribution in [1.29, 1.82) is 0 Å². The van der Waals surface area contributed by atoms with Crippen LogP contribution < -0.4 is 0 Å². The molecule has 0 heterocycles. The van der Waals surface area contributed by atoms with E-state index in [0.717, 1.165) is 0 Å². The third-order valence-corrected chi connectivity index (χ3v) is 0.603. The Morgan fingerprint density at radius 1 is 0.917 bits per heavy atom. The standard InChI is InChI=1S/C6H10O6/c1-5(7)11-9-3-4-10-12-6(2)8/h3-4H2,1-2H3. The van der Waals surface area contributed by atoms with Gasteiger partial charge in [-0.15, -0.1) is 0 Å². The molecule has 0 aromatic heterocycles. The third-order valence-electron chi connectivity index (χ3n) is 0.603. The second-order valence-electron chi connectivity index (χ2n) is 1.79. The smallest absolute Gasteiger partial charge is 0.299 e. The molecular formula is C6H10O6. The van der Waals surface area contributed by atoms with Crippen molar-refractivity contribution in [3.8, 4) is 0 Å². The lowest BCUT2D eigenvalue weighted by atomic mass is 10.8. The van der Waals surface area contributed by atoms with Gasteiger partial charge in [0.1, 0.15) is 13.2 Å². The normalized spacial score (nSPS) is 9.17. The molecule has 0 bridgehead atoms. The lowest BCUT2D eigenvalue weighted by molar-refractivity contribution is -0.310. The summed E-state index contributed by atoms with van der Waals surface area (Å²) in [6.45, 7) is 2.42. The first kappa shape index (κ1) is 10.9. The van der Waals surface area contributed by atoms with Crippen molar-refractivity contribution >= 4 is 11.9 Å². The van der Waals surface area contributed by atoms with Gasteiger partial charge in [0.05, 0.1) is 0 Å². The summed E-state index contributed by atoms with van der Waals surface area (Å²) in [5.41, 5.74) is 0. The van der Waals surface area contributed by atoms with E-state index in [1.165, 1.54) is 13.8 Å². The van der Waals surface area contributed by atoms with Gasteiger partial charge in [0, 0.05) is 13.8 Å². The Morgan fingerprint density at radius 2 is 1.25 bits per heavy atom. The largest absolute Gasteiger partial charge is 0.339 e. The second-order valence-corrected chi connectivity index (χ2v) is 1.79. The van der Waals surface area contributed by atoms with E-state index in [0.29, 0.717) is 0 Å². The van der Waals surface area contributed by atoms with E-state index in [4.69, 9.17) is 0 Å². The summed E-state index contributed by atoms with van der Waals surface area (Å²) >= 11 is 0. The summed E-state index contributed by atoms with van der Waals surface area (Å²) in [4.78, 5) is 37.0. The molecular weight excluding hydrogens is 168 g/mol. The highest BCUT2D eigenvalue weighted by Gasteiger charge is 1.96. The lowest BCUT2D eigenvalue weighted by Gasteiger charge is -2.00. The van der Waals surface area contributed by atoms with Crippen LogP contribution in [-0.4, -0.2) is 25.2 Å². The van der Waals surface area contributed by atoms with Gasteiger partial charge in [-0.2, -0.15) is 9.78 Å². The average molecular weight is 178 g/mol. The van der Waals surface area contributed by atoms with Crippen molar-refractivity contribution in [2.45, 2.75) is 13.8 Å². The van der Waals surface area contributed by atoms with Gasteiger partial charge < -0.3 is 0 Å². The molecule has 0 amide bonds. The molecule has 0 radical (unpaired) electrons. The van der Waals surface area contributed by atoms with Crippen molar-refractivity contribution in [1.82, 2.24) is 0 Å². The summed E-state index contributed by atoms with van der Waals surface area (Å²) in [5, 5.41) is 0. The molecule has 0 spiro atoms. The Morgan fingerprint density at radius 3 is 1.50 bits per heavy atom. The first-order valence-electron chi connectivity index (χ1n) is 3.23. The molecule has 0 fully saturated rings. The maximum absolute atomic E-state index is 10.1. The van der Waals surface area contributed by atoms with Gasteiger partial charge in [-0.1, -0.05) is 0 Å². The Bertz CT molecular complexity index is 136. The average Bonchev–Trinajstić information content (AvgIpc) is 1.95. The zero-order chi connectivity index (χ0) is 9.40. The number of hydrogen-bond donors (Lipinski definition) is 0. The first-order chi connectivity index (χ1) is 5.63. The molecule has 0 saturated carbocycles. The molecule has 0 aromatic rings. The quantitative estimate of drug-likeness (QED) is 0.334. The topological polar surface area (TPSA) is 71.1 Å². The molecule has 0 aromatic carbocycles. The van der Waals surface area contributed by atoms with Crippen LogP contribution in [0.15, 0.2) is 0 Å². The predicted octanol–water partition coefficient (Wildman–Crippen LogP) is -0.0242. The number of carbonyl (C=O) groups excluding carboxylic acids is 2. The van der Waals surface area contributed by atoms with Crippen LogP contribution in [0.5, 0.6) is 0 Å². The van der Waals surface area contributed by atoms with Crippen molar-refractivity contribution < 1.29 is 29.1 Å². The van der Waals surface area contributed by atoms with Crippen LogP contribution in [0.1, 0.15) is 13.8 Å². The molecule has 0 unspecified atom stereocenters. The Balaban J connectivity index is 3.01. The first-order valence-corrected chi connectivity index (χ1v) is 3.23. The minimum absolute atomic E-state index is 0.00681. The van der Waals surface area contributed by atoms with Gasteiger partial charge in [0.25, 0.3) is 0 Å². The van der Waals surface area contributed by atoms with E-state index in [1.54, 1.807) is 0 Å². The van der Waals surface area contributed by atoms with Gasteiger partial charge in [-0.05, 0) is 0 Å². The molecule has 6 nitrogen and oxygen atoms in total. The minimum atomic E-state index is -0.553. The zero-order valence-electron chi connectivity index (χ0n) is 6.86. The minimum Gasteiger partial charge on any atom is -0.299 e. The van der Waals surface area contributed by atoms with Crippen molar-refractivity contribution in [3.63, 3.8) is 0 Å². The maximum Gasteiger partial charge on any atom is 0.339 e. The maximum atomic E-state index is 10.1. The molecule has 0 saturated heterocycles. The Kier molecular flexibility index (Phi) is 5.94. The Hall–Kier alpha value is -1.14. The second kappa shape index (κ2) is 6.56. The molecule has 0 rings (SSSR count). The number of carbonyl (C=O) groups is 2. The molecule has 0 aliphatic carbocycles. The van der Waals surface area contributed by atoms with Gasteiger partial charge in [-0.25, -0.2) is 9.59 Å². The van der Waals surface area contributed by atoms with Gasteiger partial charge in [0.2, 0.25) is 0 Å². The third kappa shape index (κ3) is 8.86. The summed E-state index contributed by atoms with van der Waals surface area (Å²) in [6, 6.07) is 0. The van der Waals surface area contributed by atoms with Gasteiger partial charge in [0.15, 0.2) is 0 Å². The number of hydrogen-bond acceptors (Lipinski definition) is 6. The van der Waals surface area contributed by atoms with Crippen molar-refractivity contribution in [2.24, 2.45) is 0 Å². The van der Waals surface area contributed by atoms with Crippen LogP contribution >= 0.6 is 0 Å². The van der Waals surface area contributed by atoms with Crippen molar-refractivity contribution in [2.75, 3.05) is 13.2 Å². The molecule has 0 N–H and O–H groups in total. The fourth-order valence-electron chi connectivity index (χ4n) is 0.317. The highest BCUT2D eigenvalue weighted by atomic mass is 17.2. The SMILES string of the molecule is CC(=O)OOCCOOC(C)=O. The van der Waals surface area contributed by atoms with Crippen LogP contribution in [-0.2, 0) is 29.1 Å². The van der Waals surface area contributed by atoms with Crippen LogP contribution in [0, 0.1) is 0 Å². The molecule has 0 atom stereocenters. The Labute approximate surface area is 69.2 Å². The van der Waals surface area contributed by atoms with Crippen LogP contribution in [0.4, 0.5) is 0 Å². The number of rotatable bonds is 5. The summed E-state index contributed by atoms with van der Waals surface area (Å²) < 4.78 is 0. The summed E-state index contributed by atoms with van der Waals surface area (Å²) in [6.07, 6.45) is 0. The molecule has 0 aliphatic rings. The molecule has 70 valence electrons.